The van der Waals surface area contributed by atoms with E-state index in [1.807, 2.05) is 74.5 Å². The van der Waals surface area contributed by atoms with Gasteiger partial charge in [0.05, 0.1) is 0 Å². The second kappa shape index (κ2) is 10.9. The molecule has 4 rings (SSSR count). The number of aromatic hydroxyl groups is 1. The van der Waals surface area contributed by atoms with Crippen LogP contribution in [0, 0.1) is 25.2 Å². The molecule has 0 spiro atoms. The lowest BCUT2D eigenvalue weighted by atomic mass is 10.1. The van der Waals surface area contributed by atoms with E-state index in [0.717, 1.165) is 34.0 Å². The Bertz CT molecular complexity index is 1460. The van der Waals surface area contributed by atoms with Crippen LogP contribution >= 0.6 is 11.6 Å². The lowest BCUT2D eigenvalue weighted by molar-refractivity contribution is -0.112. The molecule has 7 heteroatoms. The summed E-state index contributed by atoms with van der Waals surface area (Å²) in [5.74, 6) is 0.295. The Hall–Kier alpha value is -4.47. The number of phenolic OH excluding ortho intramolecular Hbond substituents is 1. The van der Waals surface area contributed by atoms with Gasteiger partial charge in [0, 0.05) is 33.3 Å². The van der Waals surface area contributed by atoms with Crippen molar-refractivity contribution in [3.63, 3.8) is 0 Å². The molecule has 0 saturated heterocycles. The van der Waals surface area contributed by atoms with Gasteiger partial charge in [-0.1, -0.05) is 29.8 Å². The number of hydrogen-bond donors (Lipinski definition) is 2. The lowest BCUT2D eigenvalue weighted by Gasteiger charge is -2.12. The van der Waals surface area contributed by atoms with Gasteiger partial charge in [0.1, 0.15) is 29.7 Å². The van der Waals surface area contributed by atoms with Gasteiger partial charge in [-0.15, -0.1) is 0 Å². The molecule has 0 saturated carbocycles. The zero-order valence-corrected chi connectivity index (χ0v) is 20.6. The van der Waals surface area contributed by atoms with Crippen LogP contribution in [0.5, 0.6) is 11.5 Å². The first kappa shape index (κ1) is 24.6. The summed E-state index contributed by atoms with van der Waals surface area (Å²) in [5.41, 5.74) is 4.93. The summed E-state index contributed by atoms with van der Waals surface area (Å²) in [7, 11) is 0. The Balaban J connectivity index is 1.51. The summed E-state index contributed by atoms with van der Waals surface area (Å²) in [6.07, 6.45) is 1.58. The quantitative estimate of drug-likeness (QED) is 0.171. The van der Waals surface area contributed by atoms with E-state index in [2.05, 4.69) is 9.88 Å². The van der Waals surface area contributed by atoms with Gasteiger partial charge in [-0.2, -0.15) is 5.26 Å². The number of carbonyl (C=O) groups excluding carboxylic acids is 1. The number of nitrogens with zero attached hydrogens (tertiary/aromatic N) is 2. The number of anilines is 1. The van der Waals surface area contributed by atoms with E-state index in [1.54, 1.807) is 18.2 Å². The number of phenols is 1. The van der Waals surface area contributed by atoms with Gasteiger partial charge in [0.2, 0.25) is 0 Å². The number of aromatic nitrogens is 1. The maximum Gasteiger partial charge on any atom is 0.266 e. The van der Waals surface area contributed by atoms with E-state index in [4.69, 9.17) is 16.3 Å². The first-order chi connectivity index (χ1) is 17.4. The van der Waals surface area contributed by atoms with E-state index in [1.165, 1.54) is 12.1 Å². The van der Waals surface area contributed by atoms with E-state index >= 15 is 0 Å². The van der Waals surface area contributed by atoms with Crippen molar-refractivity contribution in [2.24, 2.45) is 0 Å². The van der Waals surface area contributed by atoms with Crippen molar-refractivity contribution in [2.45, 2.75) is 20.5 Å². The molecule has 1 heterocycles. The summed E-state index contributed by atoms with van der Waals surface area (Å²) < 4.78 is 7.93. The molecule has 0 unspecified atom stereocenters. The van der Waals surface area contributed by atoms with E-state index < -0.39 is 5.91 Å². The summed E-state index contributed by atoms with van der Waals surface area (Å²) in [6, 6.07) is 25.2. The molecule has 2 N–H and O–H groups in total. The molecule has 0 aliphatic heterocycles. The van der Waals surface area contributed by atoms with E-state index in [-0.39, 0.29) is 11.3 Å². The fourth-order valence-corrected chi connectivity index (χ4v) is 4.04. The summed E-state index contributed by atoms with van der Waals surface area (Å²) >= 11 is 6.20. The molecule has 180 valence electrons. The fraction of sp³-hybridized carbons (Fsp3) is 0.103. The predicted molar refractivity (Wildman–Crippen MR) is 141 cm³/mol. The first-order valence-electron chi connectivity index (χ1n) is 11.2. The third-order valence-electron chi connectivity index (χ3n) is 5.71. The summed E-state index contributed by atoms with van der Waals surface area (Å²) in [6.45, 7) is 4.28. The molecule has 0 aliphatic rings. The highest BCUT2D eigenvalue weighted by Crippen LogP contribution is 2.26. The number of halogens is 1. The van der Waals surface area contributed by atoms with Gasteiger partial charge in [-0.3, -0.25) is 4.79 Å². The van der Waals surface area contributed by atoms with Crippen LogP contribution in [-0.4, -0.2) is 15.6 Å². The zero-order chi connectivity index (χ0) is 25.7. The molecule has 6 nitrogen and oxygen atoms in total. The predicted octanol–water partition coefficient (Wildman–Crippen LogP) is 6.58. The third kappa shape index (κ3) is 5.60. The first-order valence-corrected chi connectivity index (χ1v) is 11.6. The number of carbonyl (C=O) groups is 1. The van der Waals surface area contributed by atoms with Gasteiger partial charge in [0.15, 0.2) is 0 Å². The topological polar surface area (TPSA) is 87.3 Å². The number of aryl methyl sites for hydroxylation is 1. The second-order valence-electron chi connectivity index (χ2n) is 8.21. The lowest BCUT2D eigenvalue weighted by Crippen LogP contribution is -2.13. The van der Waals surface area contributed by atoms with Crippen LogP contribution in [0.15, 0.2) is 84.4 Å². The normalized spacial score (nSPS) is 11.1. The molecule has 36 heavy (non-hydrogen) atoms. The van der Waals surface area contributed by atoms with Crippen molar-refractivity contribution in [1.29, 1.82) is 5.26 Å². The molecular weight excluding hydrogens is 474 g/mol. The highest BCUT2D eigenvalue weighted by atomic mass is 35.5. The SMILES string of the molecule is Cc1cc(C=C(C#N)C(=O)Nc2ccc(O)cc2)c(C)n1-c1ccc(OCc2ccccc2Cl)cc1. The van der Waals surface area contributed by atoms with E-state index in [0.29, 0.717) is 17.3 Å². The zero-order valence-electron chi connectivity index (χ0n) is 19.8. The number of hydrogen-bond acceptors (Lipinski definition) is 4. The minimum Gasteiger partial charge on any atom is -0.508 e. The van der Waals surface area contributed by atoms with Crippen molar-refractivity contribution >= 4 is 29.3 Å². The summed E-state index contributed by atoms with van der Waals surface area (Å²) in [5, 5.41) is 22.3. The van der Waals surface area contributed by atoms with Crippen LogP contribution in [0.2, 0.25) is 5.02 Å². The second-order valence-corrected chi connectivity index (χ2v) is 8.61. The molecule has 3 aromatic carbocycles. The fourth-order valence-electron chi connectivity index (χ4n) is 3.85. The molecule has 0 bridgehead atoms. The average molecular weight is 498 g/mol. The van der Waals surface area contributed by atoms with Crippen molar-refractivity contribution in [1.82, 2.24) is 4.57 Å². The van der Waals surface area contributed by atoms with Crippen molar-refractivity contribution in [3.8, 4) is 23.3 Å². The van der Waals surface area contributed by atoms with Gasteiger partial charge >= 0.3 is 0 Å². The van der Waals surface area contributed by atoms with Crippen LogP contribution in [0.4, 0.5) is 5.69 Å². The largest absolute Gasteiger partial charge is 0.508 e. The van der Waals surface area contributed by atoms with Crippen molar-refractivity contribution in [2.75, 3.05) is 5.32 Å². The Labute approximate surface area is 214 Å². The maximum absolute atomic E-state index is 12.6. The summed E-state index contributed by atoms with van der Waals surface area (Å²) in [4.78, 5) is 12.6. The third-order valence-corrected chi connectivity index (χ3v) is 6.08. The molecule has 0 aliphatic carbocycles. The van der Waals surface area contributed by atoms with Crippen molar-refractivity contribution in [3.05, 3.63) is 112 Å². The van der Waals surface area contributed by atoms with Crippen LogP contribution in [0.3, 0.4) is 0 Å². The Morgan fingerprint density at radius 1 is 1.08 bits per heavy atom. The Morgan fingerprint density at radius 2 is 1.78 bits per heavy atom. The molecular formula is C29H24ClN3O3. The molecule has 1 aromatic heterocycles. The molecule has 1 amide bonds. The number of ether oxygens (including phenoxy) is 1. The molecule has 0 radical (unpaired) electrons. The highest BCUT2D eigenvalue weighted by Gasteiger charge is 2.14. The Kier molecular flexibility index (Phi) is 7.43. The highest BCUT2D eigenvalue weighted by molar-refractivity contribution is 6.31. The maximum atomic E-state index is 12.6. The van der Waals surface area contributed by atoms with Crippen LogP contribution < -0.4 is 10.1 Å². The number of nitrogens with one attached hydrogen (secondary N) is 1. The molecule has 4 aromatic rings. The van der Waals surface area contributed by atoms with Crippen LogP contribution in [0.25, 0.3) is 11.8 Å². The Morgan fingerprint density at radius 3 is 2.44 bits per heavy atom. The van der Waals surface area contributed by atoms with Crippen LogP contribution in [0.1, 0.15) is 22.5 Å². The molecule has 0 atom stereocenters. The van der Waals surface area contributed by atoms with Crippen molar-refractivity contribution < 1.29 is 14.6 Å². The van der Waals surface area contributed by atoms with Gasteiger partial charge in [-0.05, 0) is 86.2 Å². The van der Waals surface area contributed by atoms with Gasteiger partial charge < -0.3 is 19.7 Å². The van der Waals surface area contributed by atoms with Gasteiger partial charge in [-0.25, -0.2) is 0 Å². The van der Waals surface area contributed by atoms with E-state index in [9.17, 15) is 15.2 Å². The average Bonchev–Trinajstić information content (AvgIpc) is 3.16. The minimum absolute atomic E-state index is 0.0216. The monoisotopic (exact) mass is 497 g/mol. The number of nitriles is 1. The standard InChI is InChI=1S/C29H24ClN3O3/c1-19-15-22(16-23(17-31)29(35)32-24-7-11-26(34)12-8-24)20(2)33(19)25-9-13-27(14-10-25)36-18-21-5-3-4-6-28(21)30/h3-16,34H,18H2,1-2H3,(H,32,35). The number of rotatable bonds is 7. The number of benzene rings is 3. The smallest absolute Gasteiger partial charge is 0.266 e. The number of amides is 1. The molecule has 0 fully saturated rings. The minimum atomic E-state index is -0.520. The van der Waals surface area contributed by atoms with Crippen LogP contribution in [-0.2, 0) is 11.4 Å². The van der Waals surface area contributed by atoms with Gasteiger partial charge in [0.25, 0.3) is 5.91 Å².